The molecule has 5 heteroatoms. The molecule has 0 radical (unpaired) electrons. The van der Waals surface area contributed by atoms with E-state index in [1.165, 1.54) is 16.7 Å². The highest BCUT2D eigenvalue weighted by Gasteiger charge is 2.15. The fourth-order valence-electron chi connectivity index (χ4n) is 0.624. The van der Waals surface area contributed by atoms with Gasteiger partial charge in [0, 0.05) is 10.8 Å². The van der Waals surface area contributed by atoms with E-state index in [0.717, 1.165) is 0 Å². The Morgan fingerprint density at radius 2 is 2.00 bits per heavy atom. The largest absolute Gasteiger partial charge is 0.397 e. The zero-order valence-electron chi connectivity index (χ0n) is 5.53. The van der Waals surface area contributed by atoms with Crippen LogP contribution in [-0.4, -0.2) is 11.7 Å². The summed E-state index contributed by atoms with van der Waals surface area (Å²) in [5.41, 5.74) is 10.6. The summed E-state index contributed by atoms with van der Waals surface area (Å²) in [6.07, 6.45) is 0. The molecule has 0 spiro atoms. The number of carbonyl (C=O) groups excluding carboxylic acids is 2. The average Bonchev–Trinajstić information content (AvgIpc) is 2.33. The van der Waals surface area contributed by atoms with E-state index in [1.807, 2.05) is 0 Å². The van der Waals surface area contributed by atoms with E-state index < -0.39 is 11.7 Å². The van der Waals surface area contributed by atoms with Gasteiger partial charge in [-0.1, -0.05) is 0 Å². The molecule has 1 amide bonds. The smallest absolute Gasteiger partial charge is 0.289 e. The Morgan fingerprint density at radius 1 is 1.36 bits per heavy atom. The van der Waals surface area contributed by atoms with Crippen LogP contribution in [0.4, 0.5) is 5.69 Å². The third kappa shape index (κ3) is 1.38. The summed E-state index contributed by atoms with van der Waals surface area (Å²) in [4.78, 5) is 21.3. The predicted octanol–water partition coefficient (Wildman–Crippen LogP) is -0.00170. The number of hydrogen-bond donors (Lipinski definition) is 2. The molecular formula is C6H6N2O2S. The summed E-state index contributed by atoms with van der Waals surface area (Å²) >= 11 is 1.26. The van der Waals surface area contributed by atoms with Crippen molar-refractivity contribution in [2.45, 2.75) is 0 Å². The van der Waals surface area contributed by atoms with Crippen LogP contribution in [-0.2, 0) is 4.79 Å². The molecule has 58 valence electrons. The molecule has 0 fully saturated rings. The van der Waals surface area contributed by atoms with Gasteiger partial charge in [-0.25, -0.2) is 0 Å². The molecule has 4 nitrogen and oxygen atoms in total. The fourth-order valence-corrected chi connectivity index (χ4v) is 1.35. The molecule has 0 aliphatic heterocycles. The van der Waals surface area contributed by atoms with Gasteiger partial charge in [-0.15, -0.1) is 11.3 Å². The number of primary amides is 1. The number of anilines is 1. The quantitative estimate of drug-likeness (QED) is 0.483. The monoisotopic (exact) mass is 170 g/mol. The first-order valence-corrected chi connectivity index (χ1v) is 3.73. The van der Waals surface area contributed by atoms with Gasteiger partial charge in [0.05, 0.1) is 11.3 Å². The van der Waals surface area contributed by atoms with Crippen LogP contribution in [0.1, 0.15) is 10.4 Å². The first kappa shape index (κ1) is 7.74. The number of amides is 1. The summed E-state index contributed by atoms with van der Waals surface area (Å²) < 4.78 is 0. The predicted molar refractivity (Wildman–Crippen MR) is 42.3 cm³/mol. The number of thiophene rings is 1. The first-order chi connectivity index (χ1) is 5.13. The molecule has 0 saturated heterocycles. The Kier molecular flexibility index (Phi) is 1.91. The number of nitrogen functional groups attached to an aromatic ring is 1. The number of hydrogen-bond acceptors (Lipinski definition) is 4. The van der Waals surface area contributed by atoms with E-state index in [1.54, 1.807) is 5.38 Å². The van der Waals surface area contributed by atoms with E-state index in [4.69, 9.17) is 11.5 Å². The molecule has 11 heavy (non-hydrogen) atoms. The standard InChI is InChI=1S/C6H6N2O2S/c7-4-2-11-1-3(4)5(9)6(8)10/h1-2H,7H2,(H2,8,10). The lowest BCUT2D eigenvalue weighted by molar-refractivity contribution is -0.114. The van der Waals surface area contributed by atoms with E-state index in [-0.39, 0.29) is 5.56 Å². The summed E-state index contributed by atoms with van der Waals surface area (Å²) in [7, 11) is 0. The summed E-state index contributed by atoms with van der Waals surface area (Å²) in [6, 6.07) is 0. The number of ketones is 1. The zero-order chi connectivity index (χ0) is 8.43. The van der Waals surface area contributed by atoms with Crippen molar-refractivity contribution in [2.24, 2.45) is 5.73 Å². The van der Waals surface area contributed by atoms with Gasteiger partial charge in [0.15, 0.2) is 0 Å². The summed E-state index contributed by atoms with van der Waals surface area (Å²) in [5, 5.41) is 3.08. The Labute approximate surface area is 66.8 Å². The molecule has 1 heterocycles. The summed E-state index contributed by atoms with van der Waals surface area (Å²) in [5.74, 6) is -1.71. The maximum Gasteiger partial charge on any atom is 0.289 e. The molecule has 0 bridgehead atoms. The van der Waals surface area contributed by atoms with Gasteiger partial charge < -0.3 is 11.5 Å². The third-order valence-electron chi connectivity index (χ3n) is 1.16. The molecule has 4 N–H and O–H groups in total. The highest BCUT2D eigenvalue weighted by molar-refractivity contribution is 7.08. The van der Waals surface area contributed by atoms with Gasteiger partial charge >= 0.3 is 0 Å². The molecule has 0 aromatic carbocycles. The second-order valence-corrected chi connectivity index (χ2v) is 2.68. The van der Waals surface area contributed by atoms with Crippen LogP contribution in [0.3, 0.4) is 0 Å². The van der Waals surface area contributed by atoms with Crippen molar-refractivity contribution in [1.29, 1.82) is 0 Å². The first-order valence-electron chi connectivity index (χ1n) is 2.78. The van der Waals surface area contributed by atoms with E-state index >= 15 is 0 Å². The lowest BCUT2D eigenvalue weighted by Crippen LogP contribution is -2.23. The normalized spacial score (nSPS) is 9.45. The van der Waals surface area contributed by atoms with Crippen molar-refractivity contribution in [3.8, 4) is 0 Å². The fraction of sp³-hybridized carbons (Fsp3) is 0. The van der Waals surface area contributed by atoms with Crippen LogP contribution >= 0.6 is 11.3 Å². The number of rotatable bonds is 2. The third-order valence-corrected chi connectivity index (χ3v) is 1.92. The molecule has 0 unspecified atom stereocenters. The van der Waals surface area contributed by atoms with Crippen molar-refractivity contribution in [3.63, 3.8) is 0 Å². The molecule has 0 aliphatic rings. The maximum absolute atomic E-state index is 10.9. The van der Waals surface area contributed by atoms with Gasteiger partial charge in [-0.05, 0) is 0 Å². The zero-order valence-corrected chi connectivity index (χ0v) is 6.35. The maximum atomic E-state index is 10.9. The Morgan fingerprint density at radius 3 is 2.36 bits per heavy atom. The highest BCUT2D eigenvalue weighted by atomic mass is 32.1. The molecule has 0 saturated carbocycles. The van der Waals surface area contributed by atoms with Crippen LogP contribution in [0.2, 0.25) is 0 Å². The van der Waals surface area contributed by atoms with Gasteiger partial charge in [0.25, 0.3) is 11.7 Å². The van der Waals surface area contributed by atoms with Crippen LogP contribution < -0.4 is 11.5 Å². The Balaban J connectivity index is 3.02. The molecule has 1 aromatic heterocycles. The van der Waals surface area contributed by atoms with Crippen molar-refractivity contribution in [1.82, 2.24) is 0 Å². The van der Waals surface area contributed by atoms with E-state index in [2.05, 4.69) is 0 Å². The number of nitrogens with two attached hydrogens (primary N) is 2. The van der Waals surface area contributed by atoms with Crippen LogP contribution in [0.15, 0.2) is 10.8 Å². The minimum atomic E-state index is -0.977. The molecular weight excluding hydrogens is 164 g/mol. The van der Waals surface area contributed by atoms with Gasteiger partial charge in [-0.2, -0.15) is 0 Å². The number of carbonyl (C=O) groups is 2. The van der Waals surface area contributed by atoms with Crippen molar-refractivity contribution in [2.75, 3.05) is 5.73 Å². The van der Waals surface area contributed by atoms with Crippen molar-refractivity contribution >= 4 is 28.7 Å². The lowest BCUT2D eigenvalue weighted by Gasteiger charge is -1.91. The summed E-state index contributed by atoms with van der Waals surface area (Å²) in [6.45, 7) is 0. The second-order valence-electron chi connectivity index (χ2n) is 1.93. The van der Waals surface area contributed by atoms with Gasteiger partial charge in [0.2, 0.25) is 0 Å². The van der Waals surface area contributed by atoms with Gasteiger partial charge in [0.1, 0.15) is 0 Å². The van der Waals surface area contributed by atoms with E-state index in [0.29, 0.717) is 5.69 Å². The van der Waals surface area contributed by atoms with E-state index in [9.17, 15) is 9.59 Å². The lowest BCUT2D eigenvalue weighted by atomic mass is 10.2. The minimum Gasteiger partial charge on any atom is -0.397 e. The highest BCUT2D eigenvalue weighted by Crippen LogP contribution is 2.16. The van der Waals surface area contributed by atoms with Crippen molar-refractivity contribution in [3.05, 3.63) is 16.3 Å². The molecule has 1 aromatic rings. The van der Waals surface area contributed by atoms with Crippen molar-refractivity contribution < 1.29 is 9.59 Å². The molecule has 0 atom stereocenters. The van der Waals surface area contributed by atoms with Crippen LogP contribution in [0, 0.1) is 0 Å². The molecule has 0 aliphatic carbocycles. The molecule has 1 rings (SSSR count). The van der Waals surface area contributed by atoms with Gasteiger partial charge in [-0.3, -0.25) is 9.59 Å². The second kappa shape index (κ2) is 2.71. The number of Topliss-reactive ketones (excluding diaryl/α,β-unsaturated/α-hetero) is 1. The SMILES string of the molecule is NC(=O)C(=O)c1cscc1N. The van der Waals surface area contributed by atoms with Crippen LogP contribution in [0.5, 0.6) is 0 Å². The van der Waals surface area contributed by atoms with Crippen LogP contribution in [0.25, 0.3) is 0 Å². The topological polar surface area (TPSA) is 86.2 Å². The Hall–Kier alpha value is -1.36. The average molecular weight is 170 g/mol. The Bertz CT molecular complexity index is 305. The minimum absolute atomic E-state index is 0.197.